The van der Waals surface area contributed by atoms with Crippen molar-refractivity contribution in [3.63, 3.8) is 0 Å². The monoisotopic (exact) mass is 536 g/mol. The van der Waals surface area contributed by atoms with Gasteiger partial charge in [-0.25, -0.2) is 0 Å². The van der Waals surface area contributed by atoms with Crippen LogP contribution >= 0.6 is 0 Å². The van der Waals surface area contributed by atoms with Crippen LogP contribution < -0.4 is 4.74 Å². The Balaban J connectivity index is 1.15. The molecule has 0 spiro atoms. The number of ether oxygens (including phenoxy) is 1. The summed E-state index contributed by atoms with van der Waals surface area (Å²) in [6, 6.07) is 48.8. The number of benzene rings is 7. The number of hydrogen-bond acceptors (Lipinski definition) is 1. The second-order valence-corrected chi connectivity index (χ2v) is 12.2. The lowest BCUT2D eigenvalue weighted by atomic mass is 9.81. The summed E-state index contributed by atoms with van der Waals surface area (Å²) in [6.45, 7) is 4.72. The van der Waals surface area contributed by atoms with E-state index in [1.54, 1.807) is 0 Å². The van der Waals surface area contributed by atoms with Crippen LogP contribution in [-0.4, -0.2) is 0 Å². The maximum absolute atomic E-state index is 6.46. The quantitative estimate of drug-likeness (QED) is 0.213. The highest BCUT2D eigenvalue weighted by Crippen LogP contribution is 2.51. The summed E-state index contributed by atoms with van der Waals surface area (Å²) >= 11 is 0. The molecule has 0 aromatic heterocycles. The second kappa shape index (κ2) is 8.44. The minimum atomic E-state index is -0.0608. The first-order valence-electron chi connectivity index (χ1n) is 14.7. The summed E-state index contributed by atoms with van der Waals surface area (Å²) in [5, 5.41) is 4.98. The van der Waals surface area contributed by atoms with Crippen molar-refractivity contribution in [2.75, 3.05) is 0 Å². The molecule has 0 radical (unpaired) electrons. The molecule has 1 aliphatic heterocycles. The lowest BCUT2D eigenvalue weighted by Gasteiger charge is -2.23. The van der Waals surface area contributed by atoms with Crippen LogP contribution in [0.2, 0.25) is 0 Å². The average Bonchev–Trinajstić information content (AvgIpc) is 3.25. The van der Waals surface area contributed by atoms with Crippen LogP contribution in [0.15, 0.2) is 133 Å². The van der Waals surface area contributed by atoms with Crippen molar-refractivity contribution in [3.8, 4) is 56.0 Å². The van der Waals surface area contributed by atoms with Gasteiger partial charge in [0.1, 0.15) is 11.5 Å². The summed E-state index contributed by atoms with van der Waals surface area (Å²) in [5.74, 6) is 1.84. The zero-order chi connectivity index (χ0) is 28.0. The lowest BCUT2D eigenvalue weighted by Crippen LogP contribution is -2.15. The second-order valence-electron chi connectivity index (χ2n) is 12.2. The van der Waals surface area contributed by atoms with E-state index in [9.17, 15) is 0 Å². The van der Waals surface area contributed by atoms with Gasteiger partial charge in [0.15, 0.2) is 0 Å². The van der Waals surface area contributed by atoms with E-state index >= 15 is 0 Å². The molecule has 0 atom stereocenters. The summed E-state index contributed by atoms with van der Waals surface area (Å²) in [7, 11) is 0. The van der Waals surface area contributed by atoms with Gasteiger partial charge in [-0.2, -0.15) is 0 Å². The minimum Gasteiger partial charge on any atom is -0.456 e. The van der Waals surface area contributed by atoms with Gasteiger partial charge >= 0.3 is 0 Å². The smallest absolute Gasteiger partial charge is 0.136 e. The normalized spacial score (nSPS) is 13.9. The summed E-state index contributed by atoms with van der Waals surface area (Å²) in [5.41, 5.74) is 12.7. The summed E-state index contributed by atoms with van der Waals surface area (Å²) in [6.07, 6.45) is 0. The van der Waals surface area contributed by atoms with Crippen molar-refractivity contribution in [1.29, 1.82) is 0 Å². The maximum atomic E-state index is 6.46. The Morgan fingerprint density at radius 1 is 0.405 bits per heavy atom. The Bertz CT molecular complexity index is 2250. The number of hydrogen-bond donors (Lipinski definition) is 0. The molecule has 1 heteroatoms. The molecule has 1 aliphatic carbocycles. The van der Waals surface area contributed by atoms with E-state index in [0.717, 1.165) is 22.6 Å². The third-order valence-corrected chi connectivity index (χ3v) is 9.41. The van der Waals surface area contributed by atoms with Crippen LogP contribution in [0.4, 0.5) is 0 Å². The largest absolute Gasteiger partial charge is 0.456 e. The van der Waals surface area contributed by atoms with Gasteiger partial charge < -0.3 is 4.74 Å². The number of para-hydroxylation sites is 1. The topological polar surface area (TPSA) is 9.23 Å². The fraction of sp³-hybridized carbons (Fsp3) is 0.0732. The fourth-order valence-corrected chi connectivity index (χ4v) is 7.24. The van der Waals surface area contributed by atoms with Crippen molar-refractivity contribution in [1.82, 2.24) is 0 Å². The van der Waals surface area contributed by atoms with Gasteiger partial charge in [-0.15, -0.1) is 0 Å². The molecule has 1 heterocycles. The van der Waals surface area contributed by atoms with Gasteiger partial charge in [0.2, 0.25) is 0 Å². The van der Waals surface area contributed by atoms with Crippen molar-refractivity contribution in [2.45, 2.75) is 19.3 Å². The molecule has 0 fully saturated rings. The first-order chi connectivity index (χ1) is 20.5. The minimum absolute atomic E-state index is 0.0608. The molecule has 0 amide bonds. The van der Waals surface area contributed by atoms with E-state index in [1.807, 2.05) is 6.07 Å². The molecule has 0 unspecified atom stereocenters. The molecular weight excluding hydrogens is 508 g/mol. The van der Waals surface area contributed by atoms with Gasteiger partial charge in [-0.05, 0) is 109 Å². The Labute approximate surface area is 245 Å². The van der Waals surface area contributed by atoms with E-state index in [2.05, 4.69) is 141 Å². The molecule has 0 bridgehead atoms. The average molecular weight is 537 g/mol. The zero-order valence-corrected chi connectivity index (χ0v) is 23.6. The summed E-state index contributed by atoms with van der Waals surface area (Å²) < 4.78 is 6.46. The molecule has 7 aromatic rings. The van der Waals surface area contributed by atoms with Crippen molar-refractivity contribution < 1.29 is 4.74 Å². The molecule has 2 aliphatic rings. The molecule has 7 aromatic carbocycles. The molecule has 0 saturated heterocycles. The van der Waals surface area contributed by atoms with Crippen molar-refractivity contribution in [3.05, 3.63) is 145 Å². The first-order valence-corrected chi connectivity index (χ1v) is 14.7. The summed E-state index contributed by atoms with van der Waals surface area (Å²) in [4.78, 5) is 0. The van der Waals surface area contributed by atoms with E-state index in [4.69, 9.17) is 4.74 Å². The number of fused-ring (bicyclic) bond motifs is 6. The Morgan fingerprint density at radius 2 is 1.07 bits per heavy atom. The van der Waals surface area contributed by atoms with Crippen LogP contribution in [0, 0.1) is 0 Å². The van der Waals surface area contributed by atoms with Gasteiger partial charge in [-0.3, -0.25) is 0 Å². The predicted octanol–water partition coefficient (Wildman–Crippen LogP) is 11.4. The van der Waals surface area contributed by atoms with Crippen LogP contribution in [-0.2, 0) is 5.41 Å². The number of rotatable bonds is 2. The van der Waals surface area contributed by atoms with Gasteiger partial charge in [0.25, 0.3) is 0 Å². The van der Waals surface area contributed by atoms with Gasteiger partial charge in [0.05, 0.1) is 0 Å². The highest BCUT2D eigenvalue weighted by Gasteiger charge is 2.36. The molecule has 0 saturated carbocycles. The van der Waals surface area contributed by atoms with Gasteiger partial charge in [-0.1, -0.05) is 105 Å². The van der Waals surface area contributed by atoms with Gasteiger partial charge in [0, 0.05) is 16.4 Å². The molecule has 9 rings (SSSR count). The Hall–Kier alpha value is -5.14. The first kappa shape index (κ1) is 23.6. The lowest BCUT2D eigenvalue weighted by molar-refractivity contribution is 0.487. The standard InChI is InChI=1S/C41H28O/c1-41(2)36-23-29(17-18-32(36)35-21-27-9-3-4-10-28(27)22-37(35)41)25-11-7-12-26(19-25)31-20-30-13-8-15-34-33-14-5-6-16-38(33)42-39(24-31)40(30)34/h3-24H,1-2H3. The van der Waals surface area contributed by atoms with Crippen molar-refractivity contribution >= 4 is 21.5 Å². The van der Waals surface area contributed by atoms with Crippen molar-refractivity contribution in [2.24, 2.45) is 0 Å². The zero-order valence-electron chi connectivity index (χ0n) is 23.6. The highest BCUT2D eigenvalue weighted by atomic mass is 16.5. The van der Waals surface area contributed by atoms with E-state index in [1.165, 1.54) is 66.1 Å². The Morgan fingerprint density at radius 3 is 1.95 bits per heavy atom. The predicted molar refractivity (Wildman–Crippen MR) is 175 cm³/mol. The van der Waals surface area contributed by atoms with E-state index < -0.39 is 0 Å². The van der Waals surface area contributed by atoms with Crippen LogP contribution in [0.5, 0.6) is 11.5 Å². The molecular formula is C41H28O. The van der Waals surface area contributed by atoms with E-state index in [0.29, 0.717) is 0 Å². The van der Waals surface area contributed by atoms with Crippen LogP contribution in [0.3, 0.4) is 0 Å². The van der Waals surface area contributed by atoms with E-state index in [-0.39, 0.29) is 5.41 Å². The molecule has 42 heavy (non-hydrogen) atoms. The molecule has 198 valence electrons. The SMILES string of the molecule is CC1(C)c2cc(-c3cccc(-c4cc5c6c(cccc6c4)-c4ccccc4O5)c3)ccc2-c2cc3ccccc3cc21. The highest BCUT2D eigenvalue weighted by molar-refractivity contribution is 6.06. The molecule has 1 nitrogen and oxygen atoms in total. The Kier molecular flexibility index (Phi) is 4.73. The fourth-order valence-electron chi connectivity index (χ4n) is 7.24. The maximum Gasteiger partial charge on any atom is 0.136 e. The third-order valence-electron chi connectivity index (χ3n) is 9.41. The van der Waals surface area contributed by atoms with Crippen LogP contribution in [0.1, 0.15) is 25.0 Å². The van der Waals surface area contributed by atoms with Crippen LogP contribution in [0.25, 0.3) is 66.1 Å². The third kappa shape index (κ3) is 3.31. The molecule has 0 N–H and O–H groups in total.